The van der Waals surface area contributed by atoms with E-state index in [1.54, 1.807) is 0 Å². The topological polar surface area (TPSA) is 56.3 Å². The average Bonchev–Trinajstić information content (AvgIpc) is 2.71. The number of nitrogens with one attached hydrogen (secondary N) is 2. The first kappa shape index (κ1) is 25.8. The van der Waals surface area contributed by atoms with E-state index in [0.717, 1.165) is 32.6 Å². The first-order valence-corrected chi connectivity index (χ1v) is 12.7. The molecule has 0 aromatic carbocycles. The molecular formula is C25H52N5+. The second-order valence-corrected chi connectivity index (χ2v) is 11.4. The Labute approximate surface area is 187 Å². The van der Waals surface area contributed by atoms with Gasteiger partial charge in [0.2, 0.25) is 0 Å². The molecule has 2 aliphatic heterocycles. The molecule has 0 bridgehead atoms. The van der Waals surface area contributed by atoms with E-state index in [0.29, 0.717) is 23.9 Å². The Morgan fingerprint density at radius 2 is 1.97 bits per heavy atom. The van der Waals surface area contributed by atoms with Gasteiger partial charge in [-0.25, -0.2) is 4.58 Å². The minimum absolute atomic E-state index is 0.108. The lowest BCUT2D eigenvalue weighted by atomic mass is 9.82. The van der Waals surface area contributed by atoms with Crippen LogP contribution in [0, 0.1) is 17.3 Å². The summed E-state index contributed by atoms with van der Waals surface area (Å²) in [6.45, 7) is 17.5. The molecule has 0 aromatic heterocycles. The van der Waals surface area contributed by atoms with Gasteiger partial charge in [-0.1, -0.05) is 27.7 Å². The van der Waals surface area contributed by atoms with Gasteiger partial charge >= 0.3 is 0 Å². The van der Waals surface area contributed by atoms with Crippen LogP contribution in [0.4, 0.5) is 0 Å². The molecule has 0 amide bonds. The number of rotatable bonds is 3. The first-order chi connectivity index (χ1) is 14.2. The van der Waals surface area contributed by atoms with Crippen LogP contribution in [-0.4, -0.2) is 73.7 Å². The summed E-state index contributed by atoms with van der Waals surface area (Å²) in [5.74, 6) is 1.30. The third-order valence-electron chi connectivity index (χ3n) is 7.32. The molecule has 176 valence electrons. The molecule has 4 N–H and O–H groups in total. The van der Waals surface area contributed by atoms with E-state index in [1.807, 2.05) is 0 Å². The third kappa shape index (κ3) is 9.33. The Morgan fingerprint density at radius 3 is 2.70 bits per heavy atom. The van der Waals surface area contributed by atoms with Gasteiger partial charge in [0.05, 0.1) is 12.2 Å². The Morgan fingerprint density at radius 1 is 1.20 bits per heavy atom. The van der Waals surface area contributed by atoms with Crippen molar-refractivity contribution in [2.24, 2.45) is 23.0 Å². The van der Waals surface area contributed by atoms with Crippen molar-refractivity contribution in [3.63, 3.8) is 0 Å². The van der Waals surface area contributed by atoms with Gasteiger partial charge in [0.25, 0.3) is 0 Å². The summed E-state index contributed by atoms with van der Waals surface area (Å²) in [5.41, 5.74) is 6.68. The number of hydrogen-bond donors (Lipinski definition) is 3. The highest BCUT2D eigenvalue weighted by Crippen LogP contribution is 2.28. The lowest BCUT2D eigenvalue weighted by molar-refractivity contribution is -0.531. The van der Waals surface area contributed by atoms with Crippen molar-refractivity contribution < 1.29 is 4.58 Å². The fourth-order valence-corrected chi connectivity index (χ4v) is 5.08. The van der Waals surface area contributed by atoms with Crippen molar-refractivity contribution in [3.05, 3.63) is 0 Å². The SMILES string of the molecule is CC1CCCC[N+](CC2CC(C)(C)CNC(N)CC(C(C)C)CN2C)=CCCCN1. The highest BCUT2D eigenvalue weighted by Gasteiger charge is 2.32. The lowest BCUT2D eigenvalue weighted by Crippen LogP contribution is -2.51. The average molecular weight is 423 g/mol. The van der Waals surface area contributed by atoms with Gasteiger partial charge in [-0.3, -0.25) is 4.90 Å². The van der Waals surface area contributed by atoms with E-state index in [-0.39, 0.29) is 11.6 Å². The monoisotopic (exact) mass is 422 g/mol. The van der Waals surface area contributed by atoms with Crippen LogP contribution in [0.1, 0.15) is 79.6 Å². The number of nitrogens with two attached hydrogens (primary N) is 1. The molecule has 0 aliphatic carbocycles. The van der Waals surface area contributed by atoms with E-state index in [1.165, 1.54) is 45.1 Å². The number of hydrogen-bond acceptors (Lipinski definition) is 4. The first-order valence-electron chi connectivity index (χ1n) is 12.7. The molecule has 0 saturated carbocycles. The minimum atomic E-state index is 0.108. The maximum atomic E-state index is 6.44. The van der Waals surface area contributed by atoms with Crippen LogP contribution in [0.3, 0.4) is 0 Å². The van der Waals surface area contributed by atoms with Gasteiger partial charge in [-0.2, -0.15) is 0 Å². The highest BCUT2D eigenvalue weighted by atomic mass is 15.2. The predicted molar refractivity (Wildman–Crippen MR) is 130 cm³/mol. The molecule has 2 heterocycles. The smallest absolute Gasteiger partial charge is 0.157 e. The third-order valence-corrected chi connectivity index (χ3v) is 7.32. The van der Waals surface area contributed by atoms with Gasteiger partial charge in [0, 0.05) is 32.0 Å². The summed E-state index contributed by atoms with van der Waals surface area (Å²) < 4.78 is 2.66. The largest absolute Gasteiger partial charge is 0.316 e. The van der Waals surface area contributed by atoms with E-state index >= 15 is 0 Å². The van der Waals surface area contributed by atoms with Crippen LogP contribution in [0.25, 0.3) is 0 Å². The second-order valence-electron chi connectivity index (χ2n) is 11.4. The molecule has 5 heteroatoms. The Hall–Kier alpha value is -0.490. The summed E-state index contributed by atoms with van der Waals surface area (Å²) in [6, 6.07) is 1.24. The summed E-state index contributed by atoms with van der Waals surface area (Å²) in [5, 5.41) is 7.32. The predicted octanol–water partition coefficient (Wildman–Crippen LogP) is 3.28. The van der Waals surface area contributed by atoms with Gasteiger partial charge < -0.3 is 16.4 Å². The van der Waals surface area contributed by atoms with Crippen LogP contribution in [-0.2, 0) is 0 Å². The quantitative estimate of drug-likeness (QED) is 0.611. The zero-order chi connectivity index (χ0) is 22.1. The Bertz CT molecular complexity index is 516. The van der Waals surface area contributed by atoms with E-state index < -0.39 is 0 Å². The maximum Gasteiger partial charge on any atom is 0.157 e. The van der Waals surface area contributed by atoms with Crippen LogP contribution in [0.15, 0.2) is 0 Å². The molecule has 4 unspecified atom stereocenters. The van der Waals surface area contributed by atoms with Crippen LogP contribution in [0.2, 0.25) is 0 Å². The normalized spacial score (nSPS) is 33.5. The van der Waals surface area contributed by atoms with Crippen molar-refractivity contribution in [2.45, 2.75) is 97.8 Å². The molecule has 2 rings (SSSR count). The van der Waals surface area contributed by atoms with Crippen LogP contribution >= 0.6 is 0 Å². The molecule has 2 aliphatic rings. The second kappa shape index (κ2) is 12.5. The van der Waals surface area contributed by atoms with Crippen molar-refractivity contribution in [1.82, 2.24) is 15.5 Å². The minimum Gasteiger partial charge on any atom is -0.316 e. The summed E-state index contributed by atoms with van der Waals surface area (Å²) >= 11 is 0. The zero-order valence-electron chi connectivity index (χ0n) is 20.9. The molecule has 1 fully saturated rings. The van der Waals surface area contributed by atoms with E-state index in [4.69, 9.17) is 5.73 Å². The van der Waals surface area contributed by atoms with Gasteiger partial charge in [-0.05, 0) is 69.9 Å². The molecule has 0 spiro atoms. The maximum absolute atomic E-state index is 6.44. The summed E-state index contributed by atoms with van der Waals surface area (Å²) in [4.78, 5) is 2.66. The molecule has 30 heavy (non-hydrogen) atoms. The van der Waals surface area contributed by atoms with Crippen LogP contribution < -0.4 is 16.4 Å². The summed E-state index contributed by atoms with van der Waals surface area (Å²) in [7, 11) is 2.36. The Balaban J connectivity index is 2.11. The van der Waals surface area contributed by atoms with Crippen molar-refractivity contribution >= 4 is 6.21 Å². The lowest BCUT2D eigenvalue weighted by Gasteiger charge is -2.39. The molecule has 5 nitrogen and oxygen atoms in total. The summed E-state index contributed by atoms with van der Waals surface area (Å²) in [6.07, 6.45) is 11.2. The molecule has 4 atom stereocenters. The fraction of sp³-hybridized carbons (Fsp3) is 0.960. The van der Waals surface area contributed by atoms with Gasteiger partial charge in [-0.15, -0.1) is 0 Å². The fourth-order valence-electron chi connectivity index (χ4n) is 5.08. The van der Waals surface area contributed by atoms with E-state index in [9.17, 15) is 0 Å². The van der Waals surface area contributed by atoms with Gasteiger partial charge in [0.15, 0.2) is 6.54 Å². The van der Waals surface area contributed by atoms with Crippen molar-refractivity contribution in [3.8, 4) is 0 Å². The standard InChI is InChI=1S/C25H52N5/c1-20(2)22-15-24(26)28-19-25(4,5)16-23(29(6)17-22)18-30-13-9-7-11-21(3)27-12-8-10-14-30/h14,20-24,27-28H,7-13,15-19,26H2,1-6H3/q+1. The van der Waals surface area contributed by atoms with Gasteiger partial charge in [0.1, 0.15) is 12.8 Å². The number of likely N-dealkylation sites (N-methyl/N-ethyl adjacent to an activating group) is 1. The zero-order valence-corrected chi connectivity index (χ0v) is 20.9. The molecule has 0 aromatic rings. The van der Waals surface area contributed by atoms with E-state index in [2.05, 4.69) is 68.0 Å². The van der Waals surface area contributed by atoms with Crippen molar-refractivity contribution in [1.29, 1.82) is 0 Å². The molecule has 1 saturated heterocycles. The Kier molecular flexibility index (Phi) is 10.8. The van der Waals surface area contributed by atoms with Crippen molar-refractivity contribution in [2.75, 3.05) is 39.8 Å². The van der Waals surface area contributed by atoms with Crippen LogP contribution in [0.5, 0.6) is 0 Å². The molecular weight excluding hydrogens is 370 g/mol. The number of nitrogens with zero attached hydrogens (tertiary/aromatic N) is 2. The molecule has 0 radical (unpaired) electrons. The highest BCUT2D eigenvalue weighted by molar-refractivity contribution is 5.51.